The fraction of sp³-hybridized carbons (Fsp3) is 0.278. The minimum absolute atomic E-state index is 0.0277. The van der Waals surface area contributed by atoms with E-state index in [4.69, 9.17) is 25.8 Å². The third kappa shape index (κ3) is 5.07. The van der Waals surface area contributed by atoms with Gasteiger partial charge in [-0.2, -0.15) is 8.42 Å². The highest BCUT2D eigenvalue weighted by atomic mass is 35.5. The van der Waals surface area contributed by atoms with Crippen LogP contribution >= 0.6 is 11.6 Å². The molecule has 0 aromatic heterocycles. The van der Waals surface area contributed by atoms with Crippen LogP contribution in [0.4, 0.5) is 5.69 Å². The van der Waals surface area contributed by atoms with Crippen LogP contribution < -0.4 is 16.6 Å². The van der Waals surface area contributed by atoms with Gasteiger partial charge in [0.2, 0.25) is 0 Å². The first-order chi connectivity index (χ1) is 13.3. The lowest BCUT2D eigenvalue weighted by molar-refractivity contribution is -0.195. The number of halogens is 1. The molecule has 1 heterocycles. The minimum atomic E-state index is -4.16. The van der Waals surface area contributed by atoms with Crippen molar-refractivity contribution < 1.29 is 21.6 Å². The molecule has 1 aliphatic rings. The topological polar surface area (TPSA) is 120 Å². The van der Waals surface area contributed by atoms with Crippen LogP contribution in [-0.4, -0.2) is 26.7 Å². The van der Waals surface area contributed by atoms with Crippen LogP contribution in [0.25, 0.3) is 0 Å². The molecular formula is C18H20ClN3O5S. The van der Waals surface area contributed by atoms with Crippen LogP contribution in [0, 0.1) is 0 Å². The molecule has 0 radical (unpaired) electrons. The minimum Gasteiger partial charge on any atom is -0.321 e. The number of carbonyl (C=O) groups is 1. The van der Waals surface area contributed by atoms with E-state index in [0.29, 0.717) is 23.7 Å². The lowest BCUT2D eigenvalue weighted by Gasteiger charge is -2.37. The van der Waals surface area contributed by atoms with E-state index in [1.54, 1.807) is 36.4 Å². The predicted octanol–water partition coefficient (Wildman–Crippen LogP) is 1.90. The van der Waals surface area contributed by atoms with Gasteiger partial charge in [0.15, 0.2) is 0 Å². The molecule has 4 N–H and O–H groups in total. The first kappa shape index (κ1) is 20.7. The Morgan fingerprint density at radius 2 is 1.57 bits per heavy atom. The van der Waals surface area contributed by atoms with Gasteiger partial charge in [-0.15, -0.1) is 0 Å². The van der Waals surface area contributed by atoms with Gasteiger partial charge in [0, 0.05) is 23.7 Å². The van der Waals surface area contributed by atoms with Gasteiger partial charge in [0.1, 0.15) is 0 Å². The summed E-state index contributed by atoms with van der Waals surface area (Å²) in [6, 6.07) is 14.1. The molecule has 10 heteroatoms. The monoisotopic (exact) mass is 425 g/mol. The summed E-state index contributed by atoms with van der Waals surface area (Å²) >= 11 is 5.85. The van der Waals surface area contributed by atoms with Crippen molar-refractivity contribution in [3.63, 3.8) is 0 Å². The summed E-state index contributed by atoms with van der Waals surface area (Å²) < 4.78 is 32.5. The fourth-order valence-corrected chi connectivity index (χ4v) is 3.88. The van der Waals surface area contributed by atoms with Gasteiger partial charge in [0.05, 0.1) is 0 Å². The molecule has 0 unspecified atom stereocenters. The van der Waals surface area contributed by atoms with Crippen molar-refractivity contribution in [1.29, 1.82) is 0 Å². The molecule has 1 fully saturated rings. The van der Waals surface area contributed by atoms with Crippen molar-refractivity contribution in [1.82, 2.24) is 5.43 Å². The summed E-state index contributed by atoms with van der Waals surface area (Å²) in [7, 11) is -4.16. The summed E-state index contributed by atoms with van der Waals surface area (Å²) in [4.78, 5) is 12.7. The fourth-order valence-electron chi connectivity index (χ4n) is 2.77. The number of aryl methyl sites for hydroxylation is 1. The van der Waals surface area contributed by atoms with E-state index in [0.717, 1.165) is 17.5 Å². The Balaban J connectivity index is 1.67. The maximum absolute atomic E-state index is 12.7. The maximum Gasteiger partial charge on any atom is 0.406 e. The average Bonchev–Trinajstić information content (AvgIpc) is 2.65. The van der Waals surface area contributed by atoms with Gasteiger partial charge in [0.25, 0.3) is 11.7 Å². The predicted molar refractivity (Wildman–Crippen MR) is 105 cm³/mol. The molecule has 0 aliphatic carbocycles. The molecule has 3 rings (SSSR count). The molecule has 0 atom stereocenters. The smallest absolute Gasteiger partial charge is 0.321 e. The van der Waals surface area contributed by atoms with Gasteiger partial charge in [-0.3, -0.25) is 16.1 Å². The van der Waals surface area contributed by atoms with Crippen molar-refractivity contribution >= 4 is 33.6 Å². The summed E-state index contributed by atoms with van der Waals surface area (Å²) in [5.74, 6) is 2.68. The van der Waals surface area contributed by atoms with E-state index >= 15 is 0 Å². The number of nitrogens with one attached hydrogen (secondary N) is 2. The highest BCUT2D eigenvalue weighted by Gasteiger charge is 2.58. The van der Waals surface area contributed by atoms with E-state index < -0.39 is 22.1 Å². The number of nitrogens with two attached hydrogens (primary N) is 1. The Labute approximate surface area is 168 Å². The van der Waals surface area contributed by atoms with E-state index in [-0.39, 0.29) is 6.42 Å². The zero-order valence-electron chi connectivity index (χ0n) is 14.9. The lowest BCUT2D eigenvalue weighted by Crippen LogP contribution is -2.58. The third-order valence-corrected chi connectivity index (χ3v) is 5.44. The van der Waals surface area contributed by atoms with Gasteiger partial charge in [-0.25, -0.2) is 8.37 Å². The molecule has 1 saturated heterocycles. The van der Waals surface area contributed by atoms with E-state index in [2.05, 4.69) is 10.7 Å². The molecule has 0 saturated carbocycles. The van der Waals surface area contributed by atoms with Crippen molar-refractivity contribution in [3.05, 3.63) is 64.7 Å². The van der Waals surface area contributed by atoms with Gasteiger partial charge in [-0.1, -0.05) is 35.9 Å². The Morgan fingerprint density at radius 1 is 1.00 bits per heavy atom. The molecule has 150 valence electrons. The second-order valence-corrected chi connectivity index (χ2v) is 7.90. The van der Waals surface area contributed by atoms with Gasteiger partial charge >= 0.3 is 10.4 Å². The highest BCUT2D eigenvalue weighted by Crippen LogP contribution is 2.36. The zero-order chi connectivity index (χ0) is 20.2. The summed E-state index contributed by atoms with van der Waals surface area (Å²) in [6.45, 7) is 0.624. The molecule has 28 heavy (non-hydrogen) atoms. The quantitative estimate of drug-likeness (QED) is 0.436. The maximum atomic E-state index is 12.7. The van der Waals surface area contributed by atoms with Gasteiger partial charge < -0.3 is 5.32 Å². The Morgan fingerprint density at radius 3 is 2.14 bits per heavy atom. The number of hydrogen-bond acceptors (Lipinski definition) is 7. The largest absolute Gasteiger partial charge is 0.406 e. The molecule has 0 spiro atoms. The summed E-state index contributed by atoms with van der Waals surface area (Å²) in [5.41, 5.74) is 4.97. The molecule has 2 aromatic carbocycles. The Hall–Kier alpha value is -2.01. The van der Waals surface area contributed by atoms with Crippen molar-refractivity contribution in [2.45, 2.75) is 25.0 Å². The molecule has 1 aliphatic heterocycles. The molecule has 8 nitrogen and oxygen atoms in total. The number of hydrazine groups is 1. The number of anilines is 1. The number of benzene rings is 2. The number of hydrogen-bond donors (Lipinski definition) is 3. The second-order valence-electron chi connectivity index (χ2n) is 6.31. The number of rotatable bonds is 8. The highest BCUT2D eigenvalue weighted by molar-refractivity contribution is 7.83. The summed E-state index contributed by atoms with van der Waals surface area (Å²) in [6.07, 6.45) is 1.13. The second kappa shape index (κ2) is 8.56. The molecule has 1 amide bonds. The van der Waals surface area contributed by atoms with Crippen molar-refractivity contribution in [3.8, 4) is 0 Å². The van der Waals surface area contributed by atoms with Gasteiger partial charge in [-0.05, 0) is 48.2 Å². The first-order valence-electron chi connectivity index (χ1n) is 8.56. The van der Waals surface area contributed by atoms with E-state index in [1.807, 2.05) is 12.1 Å². The Kier molecular flexibility index (Phi) is 6.33. The molecule has 2 aromatic rings. The first-order valence-corrected chi connectivity index (χ1v) is 10.3. The van der Waals surface area contributed by atoms with Crippen LogP contribution in [-0.2, 0) is 36.4 Å². The average molecular weight is 426 g/mol. The van der Waals surface area contributed by atoms with Crippen LogP contribution in [0.15, 0.2) is 48.5 Å². The zero-order valence-corrected chi connectivity index (χ0v) is 16.4. The number of carbonyl (C=O) groups excluding carboxylic acids is 1. The van der Waals surface area contributed by atoms with Crippen LogP contribution in [0.5, 0.6) is 0 Å². The van der Waals surface area contributed by atoms with Crippen molar-refractivity contribution in [2.24, 2.45) is 5.84 Å². The number of amides is 1. The summed E-state index contributed by atoms with van der Waals surface area (Å²) in [5, 5.41) is 3.22. The SMILES string of the molecule is NNCCc1ccc(NC(=O)C2(CCc3ccc(Cl)cc3)OS(=O)(=O)O2)cc1. The standard InChI is InChI=1S/C18H20ClN3O5S/c19-15-5-1-13(2-6-15)9-11-18(26-28(24,25)27-18)17(23)22-16-7-3-14(4-8-16)10-12-21-20/h1-8,21H,9-12,20H2,(H,22,23). The van der Waals surface area contributed by atoms with Crippen LogP contribution in [0.2, 0.25) is 5.02 Å². The normalized spacial score (nSPS) is 16.9. The molecule has 0 bridgehead atoms. The van der Waals surface area contributed by atoms with E-state index in [1.165, 1.54) is 0 Å². The lowest BCUT2D eigenvalue weighted by atomic mass is 10.0. The van der Waals surface area contributed by atoms with Crippen LogP contribution in [0.1, 0.15) is 17.5 Å². The van der Waals surface area contributed by atoms with E-state index in [9.17, 15) is 13.2 Å². The van der Waals surface area contributed by atoms with Crippen LogP contribution in [0.3, 0.4) is 0 Å². The third-order valence-electron chi connectivity index (χ3n) is 4.25. The molecular weight excluding hydrogens is 406 g/mol. The Bertz CT molecular complexity index is 921. The van der Waals surface area contributed by atoms with Crippen molar-refractivity contribution in [2.75, 3.05) is 11.9 Å².